The maximum Gasteiger partial charge on any atom is 0.190 e. The van der Waals surface area contributed by atoms with Crippen LogP contribution in [0.25, 0.3) is 0 Å². The zero-order valence-corrected chi connectivity index (χ0v) is 9.39. The Labute approximate surface area is 80.7 Å². The lowest BCUT2D eigenvalue weighted by Crippen LogP contribution is -2.31. The van der Waals surface area contributed by atoms with E-state index in [1.807, 2.05) is 28.1 Å². The summed E-state index contributed by atoms with van der Waals surface area (Å²) in [6.07, 6.45) is 0. The van der Waals surface area contributed by atoms with E-state index >= 15 is 0 Å². The molecule has 0 fully saturated rings. The molecule has 5 heteroatoms. The molecular formula is C8H21N5. The van der Waals surface area contributed by atoms with Crippen molar-refractivity contribution in [2.45, 2.75) is 6.92 Å². The summed E-state index contributed by atoms with van der Waals surface area (Å²) < 4.78 is 0. The van der Waals surface area contributed by atoms with Crippen LogP contribution >= 0.6 is 0 Å². The number of hydrogen-bond donors (Lipinski definition) is 3. The Morgan fingerprint density at radius 1 is 0.846 bits per heavy atom. The van der Waals surface area contributed by atoms with Gasteiger partial charge in [0.2, 0.25) is 0 Å². The molecule has 78 valence electrons. The van der Waals surface area contributed by atoms with Crippen LogP contribution in [0.2, 0.25) is 0 Å². The molecule has 0 aliphatic rings. The van der Waals surface area contributed by atoms with Crippen LogP contribution in [0.3, 0.4) is 0 Å². The third-order valence-corrected chi connectivity index (χ3v) is 1.39. The van der Waals surface area contributed by atoms with Crippen LogP contribution in [0.15, 0.2) is 9.98 Å². The molecule has 0 spiro atoms. The Hall–Kier alpha value is -1.26. The second-order valence-electron chi connectivity index (χ2n) is 2.13. The van der Waals surface area contributed by atoms with Crippen molar-refractivity contribution >= 4 is 11.8 Å². The van der Waals surface area contributed by atoms with Crippen LogP contribution in [0.4, 0.5) is 0 Å². The highest BCUT2D eigenvalue weighted by molar-refractivity contribution is 5.79. The minimum absolute atomic E-state index is 0.806. The van der Waals surface area contributed by atoms with Crippen molar-refractivity contribution in [2.75, 3.05) is 35.2 Å². The second-order valence-corrected chi connectivity index (χ2v) is 2.13. The molecule has 0 unspecified atom stereocenters. The first-order chi connectivity index (χ1) is 6.15. The summed E-state index contributed by atoms with van der Waals surface area (Å²) in [6, 6.07) is 0. The Morgan fingerprint density at radius 3 is 1.31 bits per heavy atom. The average Bonchev–Trinajstić information content (AvgIpc) is 2.20. The van der Waals surface area contributed by atoms with Crippen LogP contribution in [0.1, 0.15) is 6.92 Å². The molecule has 13 heavy (non-hydrogen) atoms. The van der Waals surface area contributed by atoms with Gasteiger partial charge in [0.25, 0.3) is 0 Å². The SMILES string of the molecule is CN=C(C)NC.CN=C(NC)NC. The molecule has 0 rings (SSSR count). The molecule has 0 amide bonds. The summed E-state index contributed by atoms with van der Waals surface area (Å²) in [6.45, 7) is 1.92. The lowest BCUT2D eigenvalue weighted by Gasteiger charge is -1.99. The van der Waals surface area contributed by atoms with E-state index in [0.29, 0.717) is 0 Å². The van der Waals surface area contributed by atoms with E-state index in [9.17, 15) is 0 Å². The van der Waals surface area contributed by atoms with Crippen molar-refractivity contribution in [2.24, 2.45) is 9.98 Å². The zero-order chi connectivity index (χ0) is 10.7. The lowest BCUT2D eigenvalue weighted by atomic mass is 10.7. The minimum Gasteiger partial charge on any atom is -0.377 e. The first-order valence-corrected chi connectivity index (χ1v) is 4.09. The van der Waals surface area contributed by atoms with Gasteiger partial charge in [-0.3, -0.25) is 9.98 Å². The van der Waals surface area contributed by atoms with E-state index < -0.39 is 0 Å². The molecule has 0 heterocycles. The van der Waals surface area contributed by atoms with Gasteiger partial charge in [-0.05, 0) is 6.92 Å². The quantitative estimate of drug-likeness (QED) is 0.359. The van der Waals surface area contributed by atoms with Gasteiger partial charge < -0.3 is 16.0 Å². The van der Waals surface area contributed by atoms with Crippen LogP contribution < -0.4 is 16.0 Å². The number of nitrogens with one attached hydrogen (secondary N) is 3. The fourth-order valence-corrected chi connectivity index (χ4v) is 0.460. The van der Waals surface area contributed by atoms with E-state index in [-0.39, 0.29) is 0 Å². The fraction of sp³-hybridized carbons (Fsp3) is 0.750. The average molecular weight is 187 g/mol. The summed E-state index contributed by atoms with van der Waals surface area (Å²) in [7, 11) is 8.97. The second kappa shape index (κ2) is 10.7. The van der Waals surface area contributed by atoms with Crippen molar-refractivity contribution in [3.05, 3.63) is 0 Å². The fourth-order valence-electron chi connectivity index (χ4n) is 0.460. The largest absolute Gasteiger partial charge is 0.377 e. The van der Waals surface area contributed by atoms with Gasteiger partial charge in [-0.25, -0.2) is 0 Å². The van der Waals surface area contributed by atoms with E-state index in [1.54, 1.807) is 14.1 Å². The minimum atomic E-state index is 0.806. The molecular weight excluding hydrogens is 166 g/mol. The van der Waals surface area contributed by atoms with Crippen molar-refractivity contribution < 1.29 is 0 Å². The van der Waals surface area contributed by atoms with Crippen molar-refractivity contribution in [3.8, 4) is 0 Å². The van der Waals surface area contributed by atoms with Crippen LogP contribution in [-0.4, -0.2) is 47.0 Å². The molecule has 0 bridgehead atoms. The van der Waals surface area contributed by atoms with E-state index in [1.165, 1.54) is 0 Å². The molecule has 0 saturated heterocycles. The summed E-state index contributed by atoms with van der Waals surface area (Å²) in [4.78, 5) is 7.63. The van der Waals surface area contributed by atoms with Gasteiger partial charge in [-0.15, -0.1) is 0 Å². The van der Waals surface area contributed by atoms with Crippen molar-refractivity contribution in [3.63, 3.8) is 0 Å². The number of amidine groups is 1. The number of aliphatic imine (C=N–C) groups is 2. The molecule has 0 saturated carbocycles. The topological polar surface area (TPSA) is 60.8 Å². The predicted molar refractivity (Wildman–Crippen MR) is 59.6 cm³/mol. The highest BCUT2D eigenvalue weighted by Gasteiger charge is 1.79. The Balaban J connectivity index is 0. The van der Waals surface area contributed by atoms with Gasteiger partial charge in [0, 0.05) is 35.2 Å². The van der Waals surface area contributed by atoms with E-state index in [4.69, 9.17) is 0 Å². The summed E-state index contributed by atoms with van der Waals surface area (Å²) in [5.41, 5.74) is 0. The van der Waals surface area contributed by atoms with Crippen molar-refractivity contribution in [1.29, 1.82) is 0 Å². The number of guanidine groups is 1. The zero-order valence-electron chi connectivity index (χ0n) is 9.39. The third-order valence-electron chi connectivity index (χ3n) is 1.39. The molecule has 0 radical (unpaired) electrons. The maximum atomic E-state index is 3.82. The maximum absolute atomic E-state index is 3.82. The van der Waals surface area contributed by atoms with Crippen LogP contribution in [0.5, 0.6) is 0 Å². The van der Waals surface area contributed by atoms with Gasteiger partial charge in [0.1, 0.15) is 0 Å². The highest BCUT2D eigenvalue weighted by atomic mass is 15.1. The molecule has 0 aromatic rings. The smallest absolute Gasteiger partial charge is 0.190 e. The lowest BCUT2D eigenvalue weighted by molar-refractivity contribution is 1.01. The molecule has 0 aliphatic carbocycles. The van der Waals surface area contributed by atoms with E-state index in [0.717, 1.165) is 11.8 Å². The van der Waals surface area contributed by atoms with Gasteiger partial charge >= 0.3 is 0 Å². The van der Waals surface area contributed by atoms with Crippen molar-refractivity contribution in [1.82, 2.24) is 16.0 Å². The molecule has 0 aromatic carbocycles. The molecule has 5 nitrogen and oxygen atoms in total. The van der Waals surface area contributed by atoms with E-state index in [2.05, 4.69) is 25.9 Å². The number of nitrogens with zero attached hydrogens (tertiary/aromatic N) is 2. The van der Waals surface area contributed by atoms with Gasteiger partial charge in [0.05, 0.1) is 5.84 Å². The Kier molecular flexibility index (Phi) is 11.8. The summed E-state index contributed by atoms with van der Waals surface area (Å²) in [5, 5.41) is 8.55. The Morgan fingerprint density at radius 2 is 1.31 bits per heavy atom. The molecule has 0 aromatic heterocycles. The normalized spacial score (nSPS) is 9.23. The Bertz CT molecular complexity index is 156. The van der Waals surface area contributed by atoms with Crippen LogP contribution in [-0.2, 0) is 0 Å². The summed E-state index contributed by atoms with van der Waals surface area (Å²) in [5.74, 6) is 1.77. The molecule has 3 N–H and O–H groups in total. The van der Waals surface area contributed by atoms with Gasteiger partial charge in [0.15, 0.2) is 5.96 Å². The van der Waals surface area contributed by atoms with Crippen LogP contribution in [0, 0.1) is 0 Å². The summed E-state index contributed by atoms with van der Waals surface area (Å²) >= 11 is 0. The number of rotatable bonds is 0. The third kappa shape index (κ3) is 10.7. The predicted octanol–water partition coefficient (Wildman–Crippen LogP) is -0.335. The number of hydrogen-bond acceptors (Lipinski definition) is 2. The van der Waals surface area contributed by atoms with Gasteiger partial charge in [-0.2, -0.15) is 0 Å². The molecule has 0 aliphatic heterocycles. The molecule has 0 atom stereocenters. The highest BCUT2D eigenvalue weighted by Crippen LogP contribution is 1.59. The monoisotopic (exact) mass is 187 g/mol. The van der Waals surface area contributed by atoms with Gasteiger partial charge in [-0.1, -0.05) is 0 Å². The first-order valence-electron chi connectivity index (χ1n) is 4.09. The standard InChI is InChI=1S/C4H11N3.C4H10N2/c1-5-4(6-2)7-3;1-4(5-2)6-3/h1-3H3,(H2,5,6,7);1-3H3,(H,5,6). The first kappa shape index (κ1) is 14.3.